The lowest BCUT2D eigenvalue weighted by Gasteiger charge is -2.19. The number of rotatable bonds is 2. The van der Waals surface area contributed by atoms with Crippen LogP contribution in [-0.4, -0.2) is 34.8 Å². The molecule has 0 aromatic carbocycles. The smallest absolute Gasteiger partial charge is 0.250 e. The van der Waals surface area contributed by atoms with Gasteiger partial charge in [0, 0.05) is 30.9 Å². The Balaban J connectivity index is 2.28. The maximum atomic E-state index is 11.2. The van der Waals surface area contributed by atoms with Gasteiger partial charge in [-0.05, 0) is 13.8 Å². The minimum Gasteiger partial charge on any atom is -0.291 e. The van der Waals surface area contributed by atoms with E-state index in [1.165, 1.54) is 0 Å². The summed E-state index contributed by atoms with van der Waals surface area (Å²) in [6.07, 6.45) is 2.78. The minimum atomic E-state index is -3.23. The molecule has 0 bridgehead atoms. The predicted octanol–water partition coefficient (Wildman–Crippen LogP) is 0.415. The molecule has 1 aromatic heterocycles. The molecule has 0 fully saturated rings. The standard InChI is InChI=1S/C9H15N3O2S/c1-7(2)11-4-8-5-12(15(3,13)14)10-9(8)6-11/h5,7H,4,6H2,1-3H3. The van der Waals surface area contributed by atoms with Crippen molar-refractivity contribution < 1.29 is 8.42 Å². The van der Waals surface area contributed by atoms with Gasteiger partial charge >= 0.3 is 0 Å². The molecule has 0 atom stereocenters. The van der Waals surface area contributed by atoms with Crippen molar-refractivity contribution in [3.8, 4) is 0 Å². The van der Waals surface area contributed by atoms with Gasteiger partial charge in [-0.15, -0.1) is 0 Å². The second kappa shape index (κ2) is 3.31. The Labute approximate surface area is 89.7 Å². The Hall–Kier alpha value is -0.880. The van der Waals surface area contributed by atoms with E-state index in [9.17, 15) is 8.42 Å². The SMILES string of the molecule is CC(C)N1Cc2cn(S(C)(=O)=O)nc2C1. The molecule has 0 saturated heterocycles. The van der Waals surface area contributed by atoms with E-state index in [-0.39, 0.29) is 0 Å². The zero-order chi connectivity index (χ0) is 11.2. The van der Waals surface area contributed by atoms with Crippen LogP contribution in [0.1, 0.15) is 25.1 Å². The Morgan fingerprint density at radius 2 is 2.07 bits per heavy atom. The molecular formula is C9H15N3O2S. The highest BCUT2D eigenvalue weighted by atomic mass is 32.2. The van der Waals surface area contributed by atoms with Crippen molar-refractivity contribution in [1.29, 1.82) is 0 Å². The first-order chi connectivity index (χ1) is 6.88. The van der Waals surface area contributed by atoms with Gasteiger partial charge in [-0.3, -0.25) is 4.90 Å². The number of hydrogen-bond acceptors (Lipinski definition) is 4. The monoisotopic (exact) mass is 229 g/mol. The first-order valence-electron chi connectivity index (χ1n) is 4.90. The van der Waals surface area contributed by atoms with Crippen molar-refractivity contribution in [1.82, 2.24) is 14.1 Å². The summed E-state index contributed by atoms with van der Waals surface area (Å²) in [6.45, 7) is 5.78. The van der Waals surface area contributed by atoms with Gasteiger partial charge in [0.2, 0.25) is 0 Å². The molecule has 1 aromatic rings. The van der Waals surface area contributed by atoms with E-state index in [1.54, 1.807) is 6.20 Å². The maximum absolute atomic E-state index is 11.2. The third kappa shape index (κ3) is 1.91. The minimum absolute atomic E-state index is 0.464. The van der Waals surface area contributed by atoms with Crippen LogP contribution in [0.15, 0.2) is 6.20 Å². The second-order valence-electron chi connectivity index (χ2n) is 4.24. The number of nitrogens with zero attached hydrogens (tertiary/aromatic N) is 3. The Kier molecular flexibility index (Phi) is 2.35. The van der Waals surface area contributed by atoms with Gasteiger partial charge in [-0.1, -0.05) is 0 Å². The number of hydrogen-bond donors (Lipinski definition) is 0. The lowest BCUT2D eigenvalue weighted by atomic mass is 10.3. The fourth-order valence-electron chi connectivity index (χ4n) is 1.69. The third-order valence-electron chi connectivity index (χ3n) is 2.65. The van der Waals surface area contributed by atoms with E-state index in [0.29, 0.717) is 6.04 Å². The molecule has 0 N–H and O–H groups in total. The van der Waals surface area contributed by atoms with Crippen LogP contribution >= 0.6 is 0 Å². The molecule has 0 spiro atoms. The summed E-state index contributed by atoms with van der Waals surface area (Å²) in [5.74, 6) is 0. The summed E-state index contributed by atoms with van der Waals surface area (Å²) in [5, 5.41) is 4.08. The molecule has 2 rings (SSSR count). The normalized spacial score (nSPS) is 17.3. The van der Waals surface area contributed by atoms with Crippen LogP contribution in [0.5, 0.6) is 0 Å². The summed E-state index contributed by atoms with van der Waals surface area (Å²) >= 11 is 0. The van der Waals surface area contributed by atoms with Crippen molar-refractivity contribution in [3.63, 3.8) is 0 Å². The molecule has 0 saturated carbocycles. The molecule has 1 aliphatic rings. The van der Waals surface area contributed by atoms with Gasteiger partial charge in [-0.2, -0.15) is 9.19 Å². The van der Waals surface area contributed by atoms with Gasteiger partial charge in [0.05, 0.1) is 11.9 Å². The van der Waals surface area contributed by atoms with Crippen molar-refractivity contribution in [2.24, 2.45) is 0 Å². The van der Waals surface area contributed by atoms with Crippen LogP contribution in [0, 0.1) is 0 Å². The molecule has 15 heavy (non-hydrogen) atoms. The van der Waals surface area contributed by atoms with Gasteiger partial charge in [0.15, 0.2) is 0 Å². The fraction of sp³-hybridized carbons (Fsp3) is 0.667. The first-order valence-corrected chi connectivity index (χ1v) is 6.75. The first kappa shape index (κ1) is 10.6. The molecule has 0 radical (unpaired) electrons. The predicted molar refractivity (Wildman–Crippen MR) is 56.9 cm³/mol. The zero-order valence-electron chi connectivity index (χ0n) is 9.14. The van der Waals surface area contributed by atoms with Crippen LogP contribution in [-0.2, 0) is 23.1 Å². The Morgan fingerprint density at radius 3 is 2.53 bits per heavy atom. The fourth-order valence-corrected chi connectivity index (χ4v) is 2.25. The van der Waals surface area contributed by atoms with Crippen molar-refractivity contribution in [3.05, 3.63) is 17.5 Å². The molecule has 84 valence electrons. The van der Waals surface area contributed by atoms with Crippen molar-refractivity contribution >= 4 is 10.0 Å². The largest absolute Gasteiger partial charge is 0.291 e. The summed E-state index contributed by atoms with van der Waals surface area (Å²) < 4.78 is 23.5. The highest BCUT2D eigenvalue weighted by Gasteiger charge is 2.25. The molecular weight excluding hydrogens is 214 g/mol. The van der Waals surface area contributed by atoms with E-state index >= 15 is 0 Å². The zero-order valence-corrected chi connectivity index (χ0v) is 9.95. The number of fused-ring (bicyclic) bond motifs is 1. The molecule has 2 heterocycles. The summed E-state index contributed by atoms with van der Waals surface area (Å²) in [7, 11) is -3.23. The van der Waals surface area contributed by atoms with E-state index in [1.807, 2.05) is 0 Å². The van der Waals surface area contributed by atoms with Gasteiger partial charge in [-0.25, -0.2) is 8.42 Å². The molecule has 5 nitrogen and oxygen atoms in total. The second-order valence-corrected chi connectivity index (χ2v) is 6.08. The lowest BCUT2D eigenvalue weighted by molar-refractivity contribution is 0.224. The average Bonchev–Trinajstić information content (AvgIpc) is 2.55. The van der Waals surface area contributed by atoms with E-state index in [2.05, 4.69) is 23.8 Å². The maximum Gasteiger partial charge on any atom is 0.250 e. The average molecular weight is 229 g/mol. The van der Waals surface area contributed by atoms with Crippen LogP contribution in [0.2, 0.25) is 0 Å². The third-order valence-corrected chi connectivity index (χ3v) is 3.52. The van der Waals surface area contributed by atoms with E-state index < -0.39 is 10.0 Å². The number of aromatic nitrogens is 2. The van der Waals surface area contributed by atoms with Crippen LogP contribution in [0.4, 0.5) is 0 Å². The molecule has 0 aliphatic carbocycles. The highest BCUT2D eigenvalue weighted by Crippen LogP contribution is 2.23. The van der Waals surface area contributed by atoms with E-state index in [4.69, 9.17) is 0 Å². The summed E-state index contributed by atoms with van der Waals surface area (Å²) in [6, 6.07) is 0.464. The van der Waals surface area contributed by atoms with Crippen LogP contribution in [0.25, 0.3) is 0 Å². The van der Waals surface area contributed by atoms with Gasteiger partial charge in [0.25, 0.3) is 10.0 Å². The quantitative estimate of drug-likeness (QED) is 0.737. The molecule has 6 heteroatoms. The van der Waals surface area contributed by atoms with Gasteiger partial charge < -0.3 is 0 Å². The topological polar surface area (TPSA) is 55.2 Å². The highest BCUT2D eigenvalue weighted by molar-refractivity contribution is 7.89. The molecule has 0 amide bonds. The Bertz CT molecular complexity index is 452. The Morgan fingerprint density at radius 1 is 1.40 bits per heavy atom. The molecule has 0 unspecified atom stereocenters. The van der Waals surface area contributed by atoms with Gasteiger partial charge in [0.1, 0.15) is 0 Å². The van der Waals surface area contributed by atoms with Crippen molar-refractivity contribution in [2.45, 2.75) is 33.0 Å². The molecule has 1 aliphatic heterocycles. The van der Waals surface area contributed by atoms with Crippen LogP contribution < -0.4 is 0 Å². The lowest BCUT2D eigenvalue weighted by Crippen LogP contribution is -2.25. The summed E-state index contributed by atoms with van der Waals surface area (Å²) in [4.78, 5) is 2.25. The van der Waals surface area contributed by atoms with Crippen LogP contribution in [0.3, 0.4) is 0 Å². The van der Waals surface area contributed by atoms with Crippen molar-refractivity contribution in [2.75, 3.05) is 6.26 Å². The summed E-state index contributed by atoms with van der Waals surface area (Å²) in [5.41, 5.74) is 1.91. The van der Waals surface area contributed by atoms with E-state index in [0.717, 1.165) is 34.7 Å².